The van der Waals surface area contributed by atoms with E-state index in [0.717, 1.165) is 16.5 Å². The summed E-state index contributed by atoms with van der Waals surface area (Å²) in [6, 6.07) is 13.5. The van der Waals surface area contributed by atoms with E-state index in [1.165, 1.54) is 18.2 Å². The van der Waals surface area contributed by atoms with Gasteiger partial charge in [-0.15, -0.1) is 0 Å². The SMILES string of the molecule is Cc1cn(CC(=O)Nc2ccc(F)c(C#N)c2)c2ccccc12. The summed E-state index contributed by atoms with van der Waals surface area (Å²) >= 11 is 0. The molecular weight excluding hydrogens is 293 g/mol. The van der Waals surface area contributed by atoms with Crippen LogP contribution >= 0.6 is 0 Å². The van der Waals surface area contributed by atoms with Crippen LogP contribution in [0.15, 0.2) is 48.7 Å². The third-order valence-corrected chi connectivity index (χ3v) is 3.67. The Morgan fingerprint density at radius 2 is 2.09 bits per heavy atom. The number of nitrogens with one attached hydrogen (secondary N) is 1. The summed E-state index contributed by atoms with van der Waals surface area (Å²) in [5, 5.41) is 12.6. The minimum absolute atomic E-state index is 0.0925. The Kier molecular flexibility index (Phi) is 3.82. The summed E-state index contributed by atoms with van der Waals surface area (Å²) in [6.45, 7) is 2.14. The summed E-state index contributed by atoms with van der Waals surface area (Å²) < 4.78 is 15.2. The molecule has 0 unspecified atom stereocenters. The first kappa shape index (κ1) is 14.8. The van der Waals surface area contributed by atoms with E-state index in [0.29, 0.717) is 5.69 Å². The zero-order valence-electron chi connectivity index (χ0n) is 12.5. The number of rotatable bonds is 3. The molecule has 0 bridgehead atoms. The smallest absolute Gasteiger partial charge is 0.244 e. The lowest BCUT2D eigenvalue weighted by molar-refractivity contribution is -0.116. The Morgan fingerprint density at radius 3 is 2.87 bits per heavy atom. The number of amides is 1. The molecule has 1 N–H and O–H groups in total. The Balaban J connectivity index is 1.80. The molecule has 0 aliphatic carbocycles. The van der Waals surface area contributed by atoms with Crippen LogP contribution in [0.2, 0.25) is 0 Å². The number of aryl methyl sites for hydroxylation is 1. The molecule has 5 heteroatoms. The third kappa shape index (κ3) is 2.92. The second-order valence-corrected chi connectivity index (χ2v) is 5.31. The minimum atomic E-state index is -0.600. The molecule has 0 spiro atoms. The second-order valence-electron chi connectivity index (χ2n) is 5.31. The fraction of sp³-hybridized carbons (Fsp3) is 0.111. The average molecular weight is 307 g/mol. The fourth-order valence-electron chi connectivity index (χ4n) is 2.61. The highest BCUT2D eigenvalue weighted by Gasteiger charge is 2.10. The van der Waals surface area contributed by atoms with E-state index in [9.17, 15) is 9.18 Å². The maximum Gasteiger partial charge on any atom is 0.244 e. The van der Waals surface area contributed by atoms with Gasteiger partial charge >= 0.3 is 0 Å². The normalized spacial score (nSPS) is 10.5. The molecular formula is C18H14FN3O. The lowest BCUT2D eigenvalue weighted by atomic mass is 10.2. The molecule has 1 amide bonds. The van der Waals surface area contributed by atoms with Gasteiger partial charge in [-0.05, 0) is 36.8 Å². The lowest BCUT2D eigenvalue weighted by Crippen LogP contribution is -2.18. The highest BCUT2D eigenvalue weighted by molar-refractivity contribution is 5.92. The molecule has 1 aromatic heterocycles. The van der Waals surface area contributed by atoms with Crippen LogP contribution in [0, 0.1) is 24.1 Å². The Bertz CT molecular complexity index is 937. The molecule has 0 aliphatic rings. The van der Waals surface area contributed by atoms with Gasteiger partial charge in [-0.25, -0.2) is 4.39 Å². The van der Waals surface area contributed by atoms with Gasteiger partial charge in [0.05, 0.1) is 5.56 Å². The van der Waals surface area contributed by atoms with E-state index in [4.69, 9.17) is 5.26 Å². The molecule has 0 fully saturated rings. The lowest BCUT2D eigenvalue weighted by Gasteiger charge is -2.08. The molecule has 0 radical (unpaired) electrons. The number of carbonyl (C=O) groups excluding carboxylic acids is 1. The molecule has 23 heavy (non-hydrogen) atoms. The van der Waals surface area contributed by atoms with Crippen molar-refractivity contribution in [3.63, 3.8) is 0 Å². The molecule has 0 atom stereocenters. The Morgan fingerprint density at radius 1 is 1.30 bits per heavy atom. The molecule has 0 aliphatic heterocycles. The fourth-order valence-corrected chi connectivity index (χ4v) is 2.61. The number of para-hydroxylation sites is 1. The topological polar surface area (TPSA) is 57.8 Å². The van der Waals surface area contributed by atoms with Gasteiger partial charge in [-0.3, -0.25) is 4.79 Å². The molecule has 2 aromatic carbocycles. The first-order chi connectivity index (χ1) is 11.1. The first-order valence-corrected chi connectivity index (χ1v) is 7.12. The predicted octanol–water partition coefficient (Wildman–Crippen LogP) is 3.60. The van der Waals surface area contributed by atoms with Crippen LogP contribution in [0.3, 0.4) is 0 Å². The van der Waals surface area contributed by atoms with Gasteiger partial charge in [0.25, 0.3) is 0 Å². The highest BCUT2D eigenvalue weighted by Crippen LogP contribution is 2.20. The van der Waals surface area contributed by atoms with Crippen molar-refractivity contribution in [2.75, 3.05) is 5.32 Å². The van der Waals surface area contributed by atoms with Crippen LogP contribution in [0.5, 0.6) is 0 Å². The average Bonchev–Trinajstić information content (AvgIpc) is 2.86. The van der Waals surface area contributed by atoms with Crippen LogP contribution in [0.25, 0.3) is 10.9 Å². The van der Waals surface area contributed by atoms with Crippen molar-refractivity contribution in [2.24, 2.45) is 0 Å². The molecule has 1 heterocycles. The number of carbonyl (C=O) groups is 1. The van der Waals surface area contributed by atoms with Crippen molar-refractivity contribution < 1.29 is 9.18 Å². The number of nitriles is 1. The number of halogens is 1. The van der Waals surface area contributed by atoms with Crippen LogP contribution in [-0.2, 0) is 11.3 Å². The van der Waals surface area contributed by atoms with Gasteiger partial charge in [-0.2, -0.15) is 5.26 Å². The highest BCUT2D eigenvalue weighted by atomic mass is 19.1. The predicted molar refractivity (Wildman–Crippen MR) is 86.4 cm³/mol. The summed E-state index contributed by atoms with van der Waals surface area (Å²) in [7, 11) is 0. The standard InChI is InChI=1S/C18H14FN3O/c1-12-10-22(17-5-3-2-4-15(12)17)11-18(23)21-14-6-7-16(19)13(8-14)9-20/h2-8,10H,11H2,1H3,(H,21,23). The third-order valence-electron chi connectivity index (χ3n) is 3.67. The molecule has 3 aromatic rings. The number of benzene rings is 2. The van der Waals surface area contributed by atoms with Crippen molar-refractivity contribution in [1.29, 1.82) is 5.26 Å². The van der Waals surface area contributed by atoms with Gasteiger partial charge < -0.3 is 9.88 Å². The largest absolute Gasteiger partial charge is 0.338 e. The first-order valence-electron chi connectivity index (χ1n) is 7.12. The van der Waals surface area contributed by atoms with E-state index in [2.05, 4.69) is 5.32 Å². The van der Waals surface area contributed by atoms with E-state index in [-0.39, 0.29) is 18.0 Å². The van der Waals surface area contributed by atoms with Crippen molar-refractivity contribution in [3.05, 3.63) is 65.6 Å². The summed E-state index contributed by atoms with van der Waals surface area (Å²) in [5.74, 6) is -0.834. The minimum Gasteiger partial charge on any atom is -0.338 e. The maximum atomic E-state index is 13.3. The van der Waals surface area contributed by atoms with Crippen LogP contribution < -0.4 is 5.32 Å². The Hall–Kier alpha value is -3.13. The number of hydrogen-bond donors (Lipinski definition) is 1. The van der Waals surface area contributed by atoms with Crippen LogP contribution in [0.1, 0.15) is 11.1 Å². The molecule has 114 valence electrons. The van der Waals surface area contributed by atoms with Gasteiger partial charge in [0.2, 0.25) is 5.91 Å². The van der Waals surface area contributed by atoms with E-state index in [1.807, 2.05) is 42.0 Å². The Labute approximate surface area is 132 Å². The van der Waals surface area contributed by atoms with Crippen molar-refractivity contribution in [3.8, 4) is 6.07 Å². The summed E-state index contributed by atoms with van der Waals surface area (Å²) in [5.41, 5.74) is 2.39. The van der Waals surface area contributed by atoms with Gasteiger partial charge in [0.15, 0.2) is 0 Å². The van der Waals surface area contributed by atoms with Crippen molar-refractivity contribution in [1.82, 2.24) is 4.57 Å². The summed E-state index contributed by atoms with van der Waals surface area (Å²) in [4.78, 5) is 12.2. The van der Waals surface area contributed by atoms with E-state index < -0.39 is 5.82 Å². The van der Waals surface area contributed by atoms with Gasteiger partial charge in [0, 0.05) is 22.8 Å². The quantitative estimate of drug-likeness (QED) is 0.803. The number of anilines is 1. The van der Waals surface area contributed by atoms with Crippen molar-refractivity contribution >= 4 is 22.5 Å². The molecule has 0 saturated carbocycles. The second kappa shape index (κ2) is 5.93. The van der Waals surface area contributed by atoms with E-state index >= 15 is 0 Å². The van der Waals surface area contributed by atoms with Crippen molar-refractivity contribution in [2.45, 2.75) is 13.5 Å². The number of hydrogen-bond acceptors (Lipinski definition) is 2. The monoisotopic (exact) mass is 307 g/mol. The zero-order valence-corrected chi connectivity index (χ0v) is 12.5. The number of fused-ring (bicyclic) bond motifs is 1. The molecule has 4 nitrogen and oxygen atoms in total. The summed E-state index contributed by atoms with van der Waals surface area (Å²) in [6.07, 6.45) is 1.93. The van der Waals surface area contributed by atoms with Crippen LogP contribution in [0.4, 0.5) is 10.1 Å². The van der Waals surface area contributed by atoms with E-state index in [1.54, 1.807) is 6.07 Å². The zero-order chi connectivity index (χ0) is 16.4. The number of nitrogens with zero attached hydrogens (tertiary/aromatic N) is 2. The molecule has 0 saturated heterocycles. The van der Waals surface area contributed by atoms with Crippen LogP contribution in [-0.4, -0.2) is 10.5 Å². The van der Waals surface area contributed by atoms with Gasteiger partial charge in [-0.1, -0.05) is 18.2 Å². The van der Waals surface area contributed by atoms with Gasteiger partial charge in [0.1, 0.15) is 18.4 Å². The maximum absolute atomic E-state index is 13.3. The number of aromatic nitrogens is 1. The molecule has 3 rings (SSSR count).